The van der Waals surface area contributed by atoms with Gasteiger partial charge in [0.15, 0.2) is 0 Å². The van der Waals surface area contributed by atoms with Crippen molar-refractivity contribution in [2.24, 2.45) is 5.41 Å². The molecular weight excluding hydrogens is 244 g/mol. The van der Waals surface area contributed by atoms with Crippen LogP contribution in [0.5, 0.6) is 0 Å². The highest BCUT2D eigenvalue weighted by molar-refractivity contribution is 5.93. The van der Waals surface area contributed by atoms with Crippen LogP contribution in [0.4, 0.5) is 0 Å². The molecule has 19 heavy (non-hydrogen) atoms. The fourth-order valence-electron chi connectivity index (χ4n) is 1.39. The summed E-state index contributed by atoms with van der Waals surface area (Å²) in [5.41, 5.74) is 0.977. The molecule has 0 unspecified atom stereocenters. The molecule has 4 nitrogen and oxygen atoms in total. The fraction of sp³-hybridized carbons (Fsp3) is 0.467. The molecule has 0 N–H and O–H groups in total. The van der Waals surface area contributed by atoms with Gasteiger partial charge in [0.1, 0.15) is 0 Å². The van der Waals surface area contributed by atoms with E-state index < -0.39 is 5.97 Å². The molecule has 0 aliphatic rings. The summed E-state index contributed by atoms with van der Waals surface area (Å²) in [5.74, 6) is -0.798. The Morgan fingerprint density at radius 2 is 1.47 bits per heavy atom. The van der Waals surface area contributed by atoms with Gasteiger partial charge in [-0.3, -0.25) is 0 Å². The highest BCUT2D eigenvalue weighted by Crippen LogP contribution is 2.18. The van der Waals surface area contributed by atoms with E-state index in [1.807, 2.05) is 0 Å². The molecule has 0 saturated carbocycles. The number of carbonyl (C=O) groups excluding carboxylic acids is 2. The molecule has 0 heterocycles. The largest absolute Gasteiger partial charge is 0.465 e. The number of ether oxygens (including phenoxy) is 2. The lowest BCUT2D eigenvalue weighted by molar-refractivity contribution is 0.0463. The smallest absolute Gasteiger partial charge is 0.338 e. The molecule has 0 atom stereocenters. The minimum absolute atomic E-state index is 0.134. The van der Waals surface area contributed by atoms with Gasteiger partial charge in [-0.15, -0.1) is 0 Å². The van der Waals surface area contributed by atoms with Crippen LogP contribution in [0.2, 0.25) is 0 Å². The predicted molar refractivity (Wildman–Crippen MR) is 72.1 cm³/mol. The van der Waals surface area contributed by atoms with Crippen molar-refractivity contribution < 1.29 is 19.1 Å². The monoisotopic (exact) mass is 264 g/mol. The molecule has 0 amide bonds. The third-order valence-corrected chi connectivity index (χ3v) is 2.63. The number of esters is 2. The first kappa shape index (κ1) is 15.2. The van der Waals surface area contributed by atoms with Gasteiger partial charge in [0, 0.05) is 0 Å². The lowest BCUT2D eigenvalue weighted by Gasteiger charge is -2.17. The number of benzene rings is 1. The van der Waals surface area contributed by atoms with Crippen LogP contribution in [0.25, 0.3) is 0 Å². The van der Waals surface area contributed by atoms with Gasteiger partial charge in [-0.2, -0.15) is 0 Å². The van der Waals surface area contributed by atoms with Crippen molar-refractivity contribution >= 4 is 11.9 Å². The minimum atomic E-state index is -0.423. The number of methoxy groups -OCH3 is 1. The van der Waals surface area contributed by atoms with Crippen LogP contribution in [0.3, 0.4) is 0 Å². The van der Waals surface area contributed by atoms with Gasteiger partial charge < -0.3 is 9.47 Å². The van der Waals surface area contributed by atoms with E-state index in [9.17, 15) is 9.59 Å². The number of hydrogen-bond acceptors (Lipinski definition) is 4. The summed E-state index contributed by atoms with van der Waals surface area (Å²) in [5, 5.41) is 0. The molecule has 0 aliphatic heterocycles. The van der Waals surface area contributed by atoms with Gasteiger partial charge in [-0.25, -0.2) is 9.59 Å². The molecular formula is C15H20O4. The van der Waals surface area contributed by atoms with Crippen molar-refractivity contribution in [3.63, 3.8) is 0 Å². The van der Waals surface area contributed by atoms with Gasteiger partial charge >= 0.3 is 11.9 Å². The summed E-state index contributed by atoms with van der Waals surface area (Å²) >= 11 is 0. The van der Waals surface area contributed by atoms with E-state index in [4.69, 9.17) is 4.74 Å². The molecule has 104 valence electrons. The maximum absolute atomic E-state index is 11.7. The summed E-state index contributed by atoms with van der Waals surface area (Å²) in [4.78, 5) is 23.0. The number of rotatable bonds is 4. The highest BCUT2D eigenvalue weighted by atomic mass is 16.5. The Balaban J connectivity index is 2.56. The summed E-state index contributed by atoms with van der Waals surface area (Å²) in [6.07, 6.45) is 0.805. The zero-order valence-corrected chi connectivity index (χ0v) is 11.9. The van der Waals surface area contributed by atoms with E-state index in [1.165, 1.54) is 7.11 Å². The van der Waals surface area contributed by atoms with E-state index in [2.05, 4.69) is 25.5 Å². The van der Waals surface area contributed by atoms with Crippen molar-refractivity contribution in [1.29, 1.82) is 0 Å². The minimum Gasteiger partial charge on any atom is -0.465 e. The van der Waals surface area contributed by atoms with Crippen molar-refractivity contribution in [3.05, 3.63) is 35.4 Å². The van der Waals surface area contributed by atoms with Gasteiger partial charge in [-0.05, 0) is 36.1 Å². The Morgan fingerprint density at radius 1 is 1.00 bits per heavy atom. The first-order valence-electron chi connectivity index (χ1n) is 6.19. The molecule has 1 aromatic carbocycles. The molecule has 0 radical (unpaired) electrons. The summed E-state index contributed by atoms with van der Waals surface area (Å²) in [7, 11) is 1.32. The van der Waals surface area contributed by atoms with Crippen LogP contribution in [-0.4, -0.2) is 25.7 Å². The lowest BCUT2D eigenvalue weighted by atomic mass is 9.93. The van der Waals surface area contributed by atoms with E-state index in [-0.39, 0.29) is 11.4 Å². The van der Waals surface area contributed by atoms with Gasteiger partial charge in [0.05, 0.1) is 24.8 Å². The topological polar surface area (TPSA) is 52.6 Å². The second kappa shape index (κ2) is 6.36. The van der Waals surface area contributed by atoms with Crippen LogP contribution in [-0.2, 0) is 9.47 Å². The van der Waals surface area contributed by atoms with E-state index in [0.29, 0.717) is 17.7 Å². The average Bonchev–Trinajstić information content (AvgIpc) is 2.36. The van der Waals surface area contributed by atoms with Gasteiger partial charge in [-0.1, -0.05) is 20.8 Å². The molecule has 0 bridgehead atoms. The van der Waals surface area contributed by atoms with Gasteiger partial charge in [0.2, 0.25) is 0 Å². The zero-order valence-electron chi connectivity index (χ0n) is 11.9. The molecule has 1 rings (SSSR count). The number of hydrogen-bond donors (Lipinski definition) is 0. The maximum atomic E-state index is 11.7. The molecule has 4 heteroatoms. The predicted octanol–water partition coefficient (Wildman–Crippen LogP) is 3.07. The third kappa shape index (κ3) is 5.12. The molecule has 1 aromatic rings. The zero-order chi connectivity index (χ0) is 14.5. The Hall–Kier alpha value is -1.84. The Labute approximate surface area is 113 Å². The molecule has 0 saturated heterocycles. The Morgan fingerprint density at radius 3 is 1.89 bits per heavy atom. The van der Waals surface area contributed by atoms with E-state index >= 15 is 0 Å². The maximum Gasteiger partial charge on any atom is 0.338 e. The van der Waals surface area contributed by atoms with Gasteiger partial charge in [0.25, 0.3) is 0 Å². The molecule has 0 aliphatic carbocycles. The summed E-state index contributed by atoms with van der Waals surface area (Å²) in [6.45, 7) is 6.66. The first-order chi connectivity index (χ1) is 8.83. The first-order valence-corrected chi connectivity index (χ1v) is 6.19. The SMILES string of the molecule is COC(=O)c1ccc(C(=O)OCCC(C)(C)C)cc1. The summed E-state index contributed by atoms with van der Waals surface area (Å²) in [6, 6.07) is 6.22. The van der Waals surface area contributed by atoms with Crippen molar-refractivity contribution in [2.45, 2.75) is 27.2 Å². The Kier molecular flexibility index (Phi) is 5.10. The molecule has 0 aromatic heterocycles. The normalized spacial score (nSPS) is 10.9. The summed E-state index contributed by atoms with van der Waals surface area (Å²) < 4.78 is 9.76. The third-order valence-electron chi connectivity index (χ3n) is 2.63. The van der Waals surface area contributed by atoms with Crippen molar-refractivity contribution in [3.8, 4) is 0 Å². The number of carbonyl (C=O) groups is 2. The van der Waals surface area contributed by atoms with E-state index in [0.717, 1.165) is 6.42 Å². The van der Waals surface area contributed by atoms with Crippen LogP contribution in [0.15, 0.2) is 24.3 Å². The second-order valence-electron chi connectivity index (χ2n) is 5.52. The van der Waals surface area contributed by atoms with Crippen LogP contribution >= 0.6 is 0 Å². The molecule has 0 fully saturated rings. The highest BCUT2D eigenvalue weighted by Gasteiger charge is 2.13. The lowest BCUT2D eigenvalue weighted by Crippen LogP contribution is -2.13. The van der Waals surface area contributed by atoms with Crippen molar-refractivity contribution in [1.82, 2.24) is 0 Å². The standard InChI is InChI=1S/C15H20O4/c1-15(2,3)9-10-19-14(17)12-7-5-11(6-8-12)13(16)18-4/h5-8H,9-10H2,1-4H3. The van der Waals surface area contributed by atoms with Crippen molar-refractivity contribution in [2.75, 3.05) is 13.7 Å². The quantitative estimate of drug-likeness (QED) is 0.784. The van der Waals surface area contributed by atoms with E-state index in [1.54, 1.807) is 24.3 Å². The van der Waals surface area contributed by atoms with Crippen LogP contribution < -0.4 is 0 Å². The fourth-order valence-corrected chi connectivity index (χ4v) is 1.39. The Bertz CT molecular complexity index is 440. The van der Waals surface area contributed by atoms with Crippen LogP contribution in [0.1, 0.15) is 47.9 Å². The second-order valence-corrected chi connectivity index (χ2v) is 5.52. The molecule has 0 spiro atoms. The average molecular weight is 264 g/mol. The van der Waals surface area contributed by atoms with Crippen LogP contribution in [0, 0.1) is 5.41 Å².